The topological polar surface area (TPSA) is 28.4 Å². The van der Waals surface area contributed by atoms with Crippen LogP contribution in [0.3, 0.4) is 0 Å². The van der Waals surface area contributed by atoms with Gasteiger partial charge in [0.25, 0.3) is 0 Å². The van der Waals surface area contributed by atoms with Gasteiger partial charge in [-0.1, -0.05) is 13.8 Å². The van der Waals surface area contributed by atoms with Crippen molar-refractivity contribution in [3.05, 3.63) is 23.2 Å². The highest BCUT2D eigenvalue weighted by atomic mass is 16.3. The van der Waals surface area contributed by atoms with E-state index in [0.717, 1.165) is 43.1 Å². The molecule has 19 heavy (non-hydrogen) atoms. The van der Waals surface area contributed by atoms with Crippen molar-refractivity contribution in [1.82, 2.24) is 10.2 Å². The maximum atomic E-state index is 5.86. The number of hydrogen-bond donors (Lipinski definition) is 1. The van der Waals surface area contributed by atoms with Crippen molar-refractivity contribution in [3.63, 3.8) is 0 Å². The van der Waals surface area contributed by atoms with Gasteiger partial charge in [-0.2, -0.15) is 0 Å². The monoisotopic (exact) mass is 264 g/mol. The first-order chi connectivity index (χ1) is 9.04. The molecule has 3 nitrogen and oxygen atoms in total. The van der Waals surface area contributed by atoms with Crippen molar-refractivity contribution < 1.29 is 4.42 Å². The lowest BCUT2D eigenvalue weighted by molar-refractivity contribution is 0.276. The average Bonchev–Trinajstić information content (AvgIpc) is 3.10. The lowest BCUT2D eigenvalue weighted by Gasteiger charge is -2.16. The highest BCUT2D eigenvalue weighted by Gasteiger charge is 2.21. The van der Waals surface area contributed by atoms with E-state index in [-0.39, 0.29) is 0 Å². The first kappa shape index (κ1) is 14.6. The summed E-state index contributed by atoms with van der Waals surface area (Å²) in [4.78, 5) is 2.34. The van der Waals surface area contributed by atoms with E-state index in [1.165, 1.54) is 24.8 Å². The molecule has 0 atom stereocenters. The quantitative estimate of drug-likeness (QED) is 0.781. The lowest BCUT2D eigenvalue weighted by Crippen LogP contribution is -2.20. The summed E-state index contributed by atoms with van der Waals surface area (Å²) in [5.74, 6) is 2.93. The van der Waals surface area contributed by atoms with Gasteiger partial charge in [-0.3, -0.25) is 4.90 Å². The van der Waals surface area contributed by atoms with Crippen molar-refractivity contribution >= 4 is 0 Å². The molecule has 3 heteroatoms. The molecule has 0 spiro atoms. The van der Waals surface area contributed by atoms with Gasteiger partial charge < -0.3 is 9.73 Å². The number of furan rings is 1. The average molecular weight is 264 g/mol. The Bertz CT molecular complexity index is 393. The normalized spacial score (nSPS) is 15.7. The summed E-state index contributed by atoms with van der Waals surface area (Å²) in [6, 6.07) is 2.97. The fourth-order valence-corrected chi connectivity index (χ4v) is 2.21. The Balaban J connectivity index is 1.80. The maximum Gasteiger partial charge on any atom is 0.118 e. The van der Waals surface area contributed by atoms with E-state index >= 15 is 0 Å². The molecular formula is C16H28N2O. The van der Waals surface area contributed by atoms with Gasteiger partial charge in [0.1, 0.15) is 11.5 Å². The fourth-order valence-electron chi connectivity index (χ4n) is 2.21. The molecule has 0 bridgehead atoms. The molecule has 1 aliphatic rings. The molecule has 0 radical (unpaired) electrons. The van der Waals surface area contributed by atoms with Gasteiger partial charge in [0.2, 0.25) is 0 Å². The van der Waals surface area contributed by atoms with Gasteiger partial charge in [-0.25, -0.2) is 0 Å². The third-order valence-corrected chi connectivity index (χ3v) is 3.74. The van der Waals surface area contributed by atoms with Gasteiger partial charge in [0.15, 0.2) is 0 Å². The largest absolute Gasteiger partial charge is 0.465 e. The van der Waals surface area contributed by atoms with Crippen LogP contribution < -0.4 is 5.32 Å². The zero-order valence-electron chi connectivity index (χ0n) is 12.8. The first-order valence-corrected chi connectivity index (χ1v) is 7.54. The Labute approximate surface area is 117 Å². The number of hydrogen-bond acceptors (Lipinski definition) is 3. The molecule has 0 aromatic carbocycles. The molecule has 1 aromatic heterocycles. The van der Waals surface area contributed by atoms with Crippen molar-refractivity contribution in [3.8, 4) is 0 Å². The Morgan fingerprint density at radius 3 is 2.79 bits per heavy atom. The molecule has 1 N–H and O–H groups in total. The lowest BCUT2D eigenvalue weighted by atomic mass is 10.1. The Morgan fingerprint density at radius 1 is 1.42 bits per heavy atom. The van der Waals surface area contributed by atoms with E-state index in [4.69, 9.17) is 4.42 Å². The minimum Gasteiger partial charge on any atom is -0.465 e. The van der Waals surface area contributed by atoms with Crippen molar-refractivity contribution in [2.45, 2.75) is 59.2 Å². The third kappa shape index (κ3) is 5.00. The van der Waals surface area contributed by atoms with Crippen LogP contribution in [-0.4, -0.2) is 24.5 Å². The van der Waals surface area contributed by atoms with Crippen LogP contribution in [-0.2, 0) is 13.1 Å². The summed E-state index contributed by atoms with van der Waals surface area (Å²) in [6.07, 6.45) is 3.91. The zero-order valence-corrected chi connectivity index (χ0v) is 12.8. The van der Waals surface area contributed by atoms with Crippen LogP contribution in [0.2, 0.25) is 0 Å². The minimum absolute atomic E-state index is 0.756. The second-order valence-corrected chi connectivity index (χ2v) is 6.37. The smallest absolute Gasteiger partial charge is 0.118 e. The number of rotatable bonds is 8. The van der Waals surface area contributed by atoms with Gasteiger partial charge in [-0.15, -0.1) is 0 Å². The number of nitrogens with zero attached hydrogens (tertiary/aromatic N) is 1. The van der Waals surface area contributed by atoms with E-state index < -0.39 is 0 Å². The second-order valence-electron chi connectivity index (χ2n) is 6.37. The van der Waals surface area contributed by atoms with Gasteiger partial charge in [-0.05, 0) is 51.8 Å². The standard InChI is InChI=1S/C16H28N2O/c1-12(2)7-8-18(4)11-16-9-14(13(3)19-16)10-17-15-5-6-15/h9,12,15,17H,5-8,10-11H2,1-4H3. The van der Waals surface area contributed by atoms with Crippen LogP contribution in [0.25, 0.3) is 0 Å². The Hall–Kier alpha value is -0.800. The van der Waals surface area contributed by atoms with Gasteiger partial charge in [0, 0.05) is 18.2 Å². The Kier molecular flexibility index (Phi) is 5.06. The van der Waals surface area contributed by atoms with Crippen LogP contribution in [0.5, 0.6) is 0 Å². The molecule has 1 aromatic rings. The SMILES string of the molecule is Cc1oc(CN(C)CCC(C)C)cc1CNC1CC1. The van der Waals surface area contributed by atoms with E-state index in [0.29, 0.717) is 0 Å². The Morgan fingerprint density at radius 2 is 2.16 bits per heavy atom. The van der Waals surface area contributed by atoms with Crippen LogP contribution in [0.1, 0.15) is 50.2 Å². The van der Waals surface area contributed by atoms with Crippen molar-refractivity contribution in [2.75, 3.05) is 13.6 Å². The third-order valence-electron chi connectivity index (χ3n) is 3.74. The predicted molar refractivity (Wildman–Crippen MR) is 79.1 cm³/mol. The van der Waals surface area contributed by atoms with Crippen LogP contribution >= 0.6 is 0 Å². The maximum absolute atomic E-state index is 5.86. The highest BCUT2D eigenvalue weighted by Crippen LogP contribution is 2.21. The zero-order chi connectivity index (χ0) is 13.8. The molecule has 108 valence electrons. The summed E-state index contributed by atoms with van der Waals surface area (Å²) in [5, 5.41) is 3.55. The summed E-state index contributed by atoms with van der Waals surface area (Å²) >= 11 is 0. The van der Waals surface area contributed by atoms with Crippen molar-refractivity contribution in [2.24, 2.45) is 5.92 Å². The van der Waals surface area contributed by atoms with Crippen LogP contribution in [0.15, 0.2) is 10.5 Å². The van der Waals surface area contributed by atoms with E-state index in [1.54, 1.807) is 0 Å². The molecule has 1 heterocycles. The molecule has 0 amide bonds. The predicted octanol–water partition coefficient (Wildman–Crippen LogP) is 3.32. The molecule has 1 aliphatic carbocycles. The number of aryl methyl sites for hydroxylation is 1. The van der Waals surface area contributed by atoms with Gasteiger partial charge >= 0.3 is 0 Å². The highest BCUT2D eigenvalue weighted by molar-refractivity contribution is 5.21. The molecule has 0 aliphatic heterocycles. The summed E-state index contributed by atoms with van der Waals surface area (Å²) in [6.45, 7) is 9.61. The summed E-state index contributed by atoms with van der Waals surface area (Å²) < 4.78 is 5.86. The summed E-state index contributed by atoms with van der Waals surface area (Å²) in [7, 11) is 2.17. The summed E-state index contributed by atoms with van der Waals surface area (Å²) in [5.41, 5.74) is 1.32. The van der Waals surface area contributed by atoms with Crippen LogP contribution in [0, 0.1) is 12.8 Å². The first-order valence-electron chi connectivity index (χ1n) is 7.54. The van der Waals surface area contributed by atoms with E-state index in [2.05, 4.69) is 44.1 Å². The van der Waals surface area contributed by atoms with E-state index in [9.17, 15) is 0 Å². The molecular weight excluding hydrogens is 236 g/mol. The molecule has 1 fully saturated rings. The van der Waals surface area contributed by atoms with Crippen molar-refractivity contribution in [1.29, 1.82) is 0 Å². The van der Waals surface area contributed by atoms with Gasteiger partial charge in [0.05, 0.1) is 6.54 Å². The second kappa shape index (κ2) is 6.58. The fraction of sp³-hybridized carbons (Fsp3) is 0.750. The molecule has 0 saturated heterocycles. The molecule has 2 rings (SSSR count). The van der Waals surface area contributed by atoms with E-state index in [1.807, 2.05) is 0 Å². The number of nitrogens with one attached hydrogen (secondary N) is 1. The molecule has 0 unspecified atom stereocenters. The molecule has 1 saturated carbocycles. The van der Waals surface area contributed by atoms with Crippen LogP contribution in [0.4, 0.5) is 0 Å². The minimum atomic E-state index is 0.756.